The quantitative estimate of drug-likeness (QED) is 0.399. The Morgan fingerprint density at radius 3 is 2.41 bits per heavy atom. The summed E-state index contributed by atoms with van der Waals surface area (Å²) in [6.07, 6.45) is 1.54. The SMILES string of the molecule is N#Cc1ccccc1COc1ccccc1C=NNC(=O)CCC(=O)Nc1ccccc1. The summed E-state index contributed by atoms with van der Waals surface area (Å²) in [6, 6.07) is 25.7. The Kier molecular flexibility index (Phi) is 8.11. The van der Waals surface area contributed by atoms with E-state index in [4.69, 9.17) is 4.74 Å². The summed E-state index contributed by atoms with van der Waals surface area (Å²) in [6.45, 7) is 0.234. The lowest BCUT2D eigenvalue weighted by Gasteiger charge is -2.10. The number of carbonyl (C=O) groups is 2. The molecule has 0 unspecified atom stereocenters. The van der Waals surface area contributed by atoms with E-state index in [1.807, 2.05) is 42.5 Å². The fourth-order valence-corrected chi connectivity index (χ4v) is 2.83. The maximum absolute atomic E-state index is 12.0. The fraction of sp³-hybridized carbons (Fsp3) is 0.120. The second kappa shape index (κ2) is 11.7. The van der Waals surface area contributed by atoms with Gasteiger partial charge in [-0.05, 0) is 30.3 Å². The van der Waals surface area contributed by atoms with Gasteiger partial charge in [-0.2, -0.15) is 10.4 Å². The first-order valence-corrected chi connectivity index (χ1v) is 10.0. The first-order valence-electron chi connectivity index (χ1n) is 10.0. The van der Waals surface area contributed by atoms with Crippen LogP contribution in [0.3, 0.4) is 0 Å². The number of nitrogens with zero attached hydrogens (tertiary/aromatic N) is 2. The summed E-state index contributed by atoms with van der Waals surface area (Å²) in [5.74, 6) is -0.0435. The largest absolute Gasteiger partial charge is 0.488 e. The lowest BCUT2D eigenvalue weighted by Crippen LogP contribution is -2.20. The summed E-state index contributed by atoms with van der Waals surface area (Å²) in [7, 11) is 0. The minimum Gasteiger partial charge on any atom is -0.488 e. The third-order valence-corrected chi connectivity index (χ3v) is 4.47. The van der Waals surface area contributed by atoms with Gasteiger partial charge >= 0.3 is 0 Å². The summed E-state index contributed by atoms with van der Waals surface area (Å²) in [5, 5.41) is 15.9. The molecular formula is C25H22N4O3. The van der Waals surface area contributed by atoms with Gasteiger partial charge in [0.15, 0.2) is 0 Å². The van der Waals surface area contributed by atoms with Crippen LogP contribution in [0.4, 0.5) is 5.69 Å². The molecule has 0 aliphatic rings. The minimum atomic E-state index is -0.370. The number of nitriles is 1. The summed E-state index contributed by atoms with van der Waals surface area (Å²) >= 11 is 0. The average molecular weight is 426 g/mol. The molecule has 0 fully saturated rings. The van der Waals surface area contributed by atoms with Crippen molar-refractivity contribution in [3.63, 3.8) is 0 Å². The first kappa shape index (κ1) is 22.2. The molecule has 32 heavy (non-hydrogen) atoms. The van der Waals surface area contributed by atoms with E-state index in [-0.39, 0.29) is 31.3 Å². The van der Waals surface area contributed by atoms with Crippen molar-refractivity contribution in [2.45, 2.75) is 19.4 Å². The molecule has 2 N–H and O–H groups in total. The molecule has 0 atom stereocenters. The van der Waals surface area contributed by atoms with Crippen molar-refractivity contribution in [1.82, 2.24) is 5.43 Å². The van der Waals surface area contributed by atoms with Crippen LogP contribution in [-0.4, -0.2) is 18.0 Å². The van der Waals surface area contributed by atoms with Crippen molar-refractivity contribution in [1.29, 1.82) is 5.26 Å². The van der Waals surface area contributed by atoms with Crippen LogP contribution in [0.1, 0.15) is 29.5 Å². The molecule has 0 spiro atoms. The highest BCUT2D eigenvalue weighted by atomic mass is 16.5. The molecule has 0 saturated heterocycles. The second-order valence-electron chi connectivity index (χ2n) is 6.80. The third-order valence-electron chi connectivity index (χ3n) is 4.47. The van der Waals surface area contributed by atoms with Gasteiger partial charge in [-0.25, -0.2) is 5.43 Å². The lowest BCUT2D eigenvalue weighted by molar-refractivity contribution is -0.124. The number of para-hydroxylation sites is 2. The molecule has 0 aliphatic carbocycles. The predicted molar refractivity (Wildman–Crippen MR) is 122 cm³/mol. The van der Waals surface area contributed by atoms with E-state index >= 15 is 0 Å². The highest BCUT2D eigenvalue weighted by molar-refractivity contribution is 5.93. The smallest absolute Gasteiger partial charge is 0.240 e. The van der Waals surface area contributed by atoms with Crippen molar-refractivity contribution < 1.29 is 14.3 Å². The highest BCUT2D eigenvalue weighted by Crippen LogP contribution is 2.18. The molecule has 2 amide bonds. The van der Waals surface area contributed by atoms with Crippen LogP contribution in [0, 0.1) is 11.3 Å². The molecule has 160 valence electrons. The zero-order chi connectivity index (χ0) is 22.6. The summed E-state index contributed by atoms with van der Waals surface area (Å²) < 4.78 is 5.85. The van der Waals surface area contributed by atoms with Gasteiger partial charge in [-0.1, -0.05) is 48.5 Å². The van der Waals surface area contributed by atoms with Crippen LogP contribution in [0.5, 0.6) is 5.75 Å². The second-order valence-corrected chi connectivity index (χ2v) is 6.80. The van der Waals surface area contributed by atoms with E-state index in [0.29, 0.717) is 22.6 Å². The van der Waals surface area contributed by atoms with Gasteiger partial charge in [0.25, 0.3) is 0 Å². The van der Waals surface area contributed by atoms with Crippen LogP contribution in [0.25, 0.3) is 0 Å². The number of hydrogen-bond donors (Lipinski definition) is 2. The van der Waals surface area contributed by atoms with E-state index in [1.165, 1.54) is 6.21 Å². The zero-order valence-electron chi connectivity index (χ0n) is 17.3. The van der Waals surface area contributed by atoms with Gasteiger partial charge in [0.2, 0.25) is 11.8 Å². The van der Waals surface area contributed by atoms with Crippen molar-refractivity contribution in [3.05, 3.63) is 95.6 Å². The van der Waals surface area contributed by atoms with Gasteiger partial charge in [0.05, 0.1) is 17.8 Å². The van der Waals surface area contributed by atoms with Crippen LogP contribution >= 0.6 is 0 Å². The first-order chi connectivity index (χ1) is 15.7. The summed E-state index contributed by atoms with van der Waals surface area (Å²) in [5.41, 5.74) is 5.12. The zero-order valence-corrected chi connectivity index (χ0v) is 17.3. The number of carbonyl (C=O) groups excluding carboxylic acids is 2. The molecule has 7 nitrogen and oxygen atoms in total. The van der Waals surface area contributed by atoms with Crippen molar-refractivity contribution in [2.75, 3.05) is 5.32 Å². The van der Waals surface area contributed by atoms with E-state index in [2.05, 4.69) is 21.9 Å². The topological polar surface area (TPSA) is 104 Å². The Hall–Kier alpha value is -4.44. The van der Waals surface area contributed by atoms with Crippen molar-refractivity contribution in [2.24, 2.45) is 5.10 Å². The van der Waals surface area contributed by atoms with Crippen LogP contribution in [0.15, 0.2) is 84.0 Å². The molecule has 3 rings (SSSR count). The van der Waals surface area contributed by atoms with Crippen molar-refractivity contribution in [3.8, 4) is 11.8 Å². The molecule has 0 heterocycles. The Morgan fingerprint density at radius 1 is 0.906 bits per heavy atom. The number of nitrogens with one attached hydrogen (secondary N) is 2. The molecular weight excluding hydrogens is 404 g/mol. The molecule has 0 radical (unpaired) electrons. The van der Waals surface area contributed by atoms with Gasteiger partial charge in [0, 0.05) is 29.7 Å². The molecule has 0 aliphatic heterocycles. The van der Waals surface area contributed by atoms with Crippen LogP contribution < -0.4 is 15.5 Å². The van der Waals surface area contributed by atoms with Crippen molar-refractivity contribution >= 4 is 23.7 Å². The predicted octanol–water partition coefficient (Wildman–Crippen LogP) is 4.01. The molecule has 0 bridgehead atoms. The lowest BCUT2D eigenvalue weighted by atomic mass is 10.1. The summed E-state index contributed by atoms with van der Waals surface area (Å²) in [4.78, 5) is 23.9. The Bertz CT molecular complexity index is 1140. The standard InChI is InChI=1S/C25H22N4O3/c26-16-19-8-4-5-10-21(19)18-32-23-13-7-6-9-20(23)17-27-29-25(31)15-14-24(30)28-22-11-2-1-3-12-22/h1-13,17H,14-15,18H2,(H,28,30)(H,29,31). The highest BCUT2D eigenvalue weighted by Gasteiger charge is 2.07. The van der Waals surface area contributed by atoms with Crippen LogP contribution in [0.2, 0.25) is 0 Å². The van der Waals surface area contributed by atoms with E-state index in [0.717, 1.165) is 5.56 Å². The molecule has 0 saturated carbocycles. The number of rotatable bonds is 9. The fourth-order valence-electron chi connectivity index (χ4n) is 2.83. The number of anilines is 1. The maximum atomic E-state index is 12.0. The number of amides is 2. The monoisotopic (exact) mass is 426 g/mol. The van der Waals surface area contributed by atoms with E-state index in [1.54, 1.807) is 36.4 Å². The number of hydrazone groups is 1. The maximum Gasteiger partial charge on any atom is 0.240 e. The molecule has 3 aromatic rings. The average Bonchev–Trinajstić information content (AvgIpc) is 2.83. The number of hydrogen-bond acceptors (Lipinski definition) is 5. The van der Waals surface area contributed by atoms with Gasteiger partial charge in [0.1, 0.15) is 12.4 Å². The van der Waals surface area contributed by atoms with Gasteiger partial charge in [-0.3, -0.25) is 9.59 Å². The number of ether oxygens (including phenoxy) is 1. The Labute approximate surface area is 186 Å². The third kappa shape index (κ3) is 6.82. The van der Waals surface area contributed by atoms with E-state index < -0.39 is 0 Å². The molecule has 3 aromatic carbocycles. The van der Waals surface area contributed by atoms with Gasteiger partial charge in [-0.15, -0.1) is 0 Å². The Balaban J connectivity index is 1.49. The Morgan fingerprint density at radius 2 is 1.59 bits per heavy atom. The normalized spacial score (nSPS) is 10.3. The minimum absolute atomic E-state index is 0.0130. The van der Waals surface area contributed by atoms with E-state index in [9.17, 15) is 14.9 Å². The molecule has 7 heteroatoms. The number of benzene rings is 3. The van der Waals surface area contributed by atoms with Gasteiger partial charge < -0.3 is 10.1 Å². The van der Waals surface area contributed by atoms with Crippen LogP contribution in [-0.2, 0) is 16.2 Å². The molecule has 0 aromatic heterocycles.